The largest absolute Gasteiger partial charge is 0.371 e. The highest BCUT2D eigenvalue weighted by molar-refractivity contribution is 5.74. The molecule has 0 saturated carbocycles. The van der Waals surface area contributed by atoms with Crippen LogP contribution < -0.4 is 5.73 Å². The molecule has 0 bridgehead atoms. The lowest BCUT2D eigenvalue weighted by molar-refractivity contribution is -0.122. The van der Waals surface area contributed by atoms with E-state index in [1.54, 1.807) is 4.68 Å². The highest BCUT2D eigenvalue weighted by Crippen LogP contribution is 2.16. The molecule has 2 rings (SSSR count). The third kappa shape index (κ3) is 3.42. The van der Waals surface area contributed by atoms with Gasteiger partial charge in [0, 0.05) is 6.42 Å². The molecule has 0 saturated heterocycles. The van der Waals surface area contributed by atoms with Gasteiger partial charge in [0.05, 0.1) is 24.2 Å². The second-order valence-corrected chi connectivity index (χ2v) is 4.64. The molecule has 0 fully saturated rings. The van der Waals surface area contributed by atoms with Crippen LogP contribution in [0.4, 0.5) is 0 Å². The molecule has 1 heterocycles. The van der Waals surface area contributed by atoms with Crippen molar-refractivity contribution in [2.45, 2.75) is 20.3 Å². The van der Waals surface area contributed by atoms with E-state index in [9.17, 15) is 4.79 Å². The highest BCUT2D eigenvalue weighted by Gasteiger charge is 2.07. The van der Waals surface area contributed by atoms with E-state index in [2.05, 4.69) is 30.2 Å². The Balaban J connectivity index is 2.02. The Hall–Kier alpha value is -2.21. The van der Waals surface area contributed by atoms with Gasteiger partial charge in [-0.25, -0.2) is 4.68 Å². The predicted molar refractivity (Wildman–Crippen MR) is 74.6 cm³/mol. The van der Waals surface area contributed by atoms with E-state index in [1.807, 2.05) is 18.3 Å². The van der Waals surface area contributed by atoms with Crippen molar-refractivity contribution in [1.29, 1.82) is 0 Å². The van der Waals surface area contributed by atoms with Gasteiger partial charge in [0.1, 0.15) is 6.61 Å². The van der Waals surface area contributed by atoms with Crippen LogP contribution in [0.2, 0.25) is 0 Å². The number of ether oxygens (including phenoxy) is 1. The Kier molecular flexibility index (Phi) is 4.47. The molecule has 0 radical (unpaired) electrons. The maximum absolute atomic E-state index is 10.5. The van der Waals surface area contributed by atoms with Gasteiger partial charge in [0.2, 0.25) is 5.91 Å². The molecule has 0 aliphatic rings. The van der Waals surface area contributed by atoms with Crippen LogP contribution in [0.15, 0.2) is 24.4 Å². The molecule has 1 amide bonds. The number of carbonyl (C=O) groups excluding carboxylic acids is 1. The zero-order valence-electron chi connectivity index (χ0n) is 11.7. The highest BCUT2D eigenvalue weighted by atomic mass is 16.5. The fourth-order valence-corrected chi connectivity index (χ4v) is 1.86. The topological polar surface area (TPSA) is 83.0 Å². The number of hydrogen-bond donors (Lipinski definition) is 1. The number of rotatable bonds is 6. The summed E-state index contributed by atoms with van der Waals surface area (Å²) in [6, 6.07) is 6.06. The first-order valence-corrected chi connectivity index (χ1v) is 6.42. The average molecular weight is 274 g/mol. The molecule has 0 aliphatic heterocycles. The lowest BCUT2D eigenvalue weighted by Gasteiger charge is -2.06. The van der Waals surface area contributed by atoms with Crippen LogP contribution >= 0.6 is 0 Å². The minimum absolute atomic E-state index is 0.0644. The van der Waals surface area contributed by atoms with Crippen LogP contribution in [0.5, 0.6) is 0 Å². The Labute approximate surface area is 117 Å². The van der Waals surface area contributed by atoms with Crippen molar-refractivity contribution in [1.82, 2.24) is 15.0 Å². The van der Waals surface area contributed by atoms with Crippen molar-refractivity contribution in [3.8, 4) is 5.69 Å². The van der Waals surface area contributed by atoms with Gasteiger partial charge in [-0.15, -0.1) is 5.10 Å². The van der Waals surface area contributed by atoms with Crippen molar-refractivity contribution in [2.24, 2.45) is 5.73 Å². The summed E-state index contributed by atoms with van der Waals surface area (Å²) in [5.41, 5.74) is 9.20. The molecule has 0 atom stereocenters. The van der Waals surface area contributed by atoms with Crippen molar-refractivity contribution in [3.05, 3.63) is 41.2 Å². The third-order valence-corrected chi connectivity index (χ3v) is 3.11. The number of nitrogens with two attached hydrogens (primary N) is 1. The zero-order chi connectivity index (χ0) is 14.5. The summed E-state index contributed by atoms with van der Waals surface area (Å²) in [5, 5.41) is 8.22. The summed E-state index contributed by atoms with van der Waals surface area (Å²) in [5.74, 6) is -0.468. The SMILES string of the molecule is Cc1cccc(-n2cc(CCOCC(N)=O)nn2)c1C. The summed E-state index contributed by atoms with van der Waals surface area (Å²) in [6.45, 7) is 4.45. The fourth-order valence-electron chi connectivity index (χ4n) is 1.86. The Morgan fingerprint density at radius 2 is 2.20 bits per heavy atom. The number of benzene rings is 1. The summed E-state index contributed by atoms with van der Waals surface area (Å²) >= 11 is 0. The third-order valence-electron chi connectivity index (χ3n) is 3.11. The quantitative estimate of drug-likeness (QED) is 0.794. The van der Waals surface area contributed by atoms with Crippen LogP contribution in [0.3, 0.4) is 0 Å². The molecule has 106 valence electrons. The smallest absolute Gasteiger partial charge is 0.243 e. The first-order valence-electron chi connectivity index (χ1n) is 6.42. The predicted octanol–water partition coefficient (Wildman–Crippen LogP) is 0.929. The number of nitrogens with zero attached hydrogens (tertiary/aromatic N) is 3. The van der Waals surface area contributed by atoms with Crippen LogP contribution in [0, 0.1) is 13.8 Å². The fraction of sp³-hybridized carbons (Fsp3) is 0.357. The Morgan fingerprint density at radius 1 is 1.40 bits per heavy atom. The van der Waals surface area contributed by atoms with Crippen LogP contribution in [-0.2, 0) is 16.0 Å². The lowest BCUT2D eigenvalue weighted by Crippen LogP contribution is -2.18. The first-order chi connectivity index (χ1) is 9.58. The average Bonchev–Trinajstić information content (AvgIpc) is 2.86. The molecule has 20 heavy (non-hydrogen) atoms. The Bertz CT molecular complexity index is 607. The molecule has 0 spiro atoms. The maximum atomic E-state index is 10.5. The number of amides is 1. The van der Waals surface area contributed by atoms with Crippen molar-refractivity contribution >= 4 is 5.91 Å². The van der Waals surface area contributed by atoms with Gasteiger partial charge in [-0.3, -0.25) is 4.79 Å². The number of aryl methyl sites for hydroxylation is 1. The van der Waals surface area contributed by atoms with E-state index < -0.39 is 5.91 Å². The normalized spacial score (nSPS) is 10.7. The molecular formula is C14H18N4O2. The molecule has 6 heteroatoms. The first kappa shape index (κ1) is 14.2. The van der Waals surface area contributed by atoms with Gasteiger partial charge in [-0.05, 0) is 31.0 Å². The van der Waals surface area contributed by atoms with Crippen molar-refractivity contribution < 1.29 is 9.53 Å². The van der Waals surface area contributed by atoms with E-state index >= 15 is 0 Å². The molecule has 6 nitrogen and oxygen atoms in total. The molecule has 1 aromatic carbocycles. The standard InChI is InChI=1S/C14H18N4O2/c1-10-4-3-5-13(11(10)2)18-8-12(16-17-18)6-7-20-9-14(15)19/h3-5,8H,6-7,9H2,1-2H3,(H2,15,19). The number of carbonyl (C=O) groups is 1. The second-order valence-electron chi connectivity index (χ2n) is 4.64. The van der Waals surface area contributed by atoms with Gasteiger partial charge in [-0.1, -0.05) is 17.3 Å². The number of aromatic nitrogens is 3. The van der Waals surface area contributed by atoms with E-state index in [0.717, 1.165) is 11.4 Å². The zero-order valence-corrected chi connectivity index (χ0v) is 11.7. The van der Waals surface area contributed by atoms with E-state index in [4.69, 9.17) is 10.5 Å². The van der Waals surface area contributed by atoms with E-state index in [-0.39, 0.29) is 6.61 Å². The monoisotopic (exact) mass is 274 g/mol. The number of hydrogen-bond acceptors (Lipinski definition) is 4. The molecular weight excluding hydrogens is 256 g/mol. The summed E-state index contributed by atoms with van der Waals surface area (Å²) in [7, 11) is 0. The van der Waals surface area contributed by atoms with Crippen molar-refractivity contribution in [2.75, 3.05) is 13.2 Å². The van der Waals surface area contributed by atoms with E-state index in [0.29, 0.717) is 13.0 Å². The minimum atomic E-state index is -0.468. The summed E-state index contributed by atoms with van der Waals surface area (Å²) in [4.78, 5) is 10.5. The van der Waals surface area contributed by atoms with Crippen LogP contribution in [0.1, 0.15) is 16.8 Å². The molecule has 0 unspecified atom stereocenters. The minimum Gasteiger partial charge on any atom is -0.371 e. The van der Waals surface area contributed by atoms with Gasteiger partial charge < -0.3 is 10.5 Å². The van der Waals surface area contributed by atoms with Crippen molar-refractivity contribution in [3.63, 3.8) is 0 Å². The number of primary amides is 1. The molecule has 0 aliphatic carbocycles. The summed E-state index contributed by atoms with van der Waals surface area (Å²) < 4.78 is 6.86. The molecule has 1 aromatic heterocycles. The van der Waals surface area contributed by atoms with Gasteiger partial charge in [0.15, 0.2) is 0 Å². The molecule has 2 aromatic rings. The second kappa shape index (κ2) is 6.29. The van der Waals surface area contributed by atoms with Gasteiger partial charge in [-0.2, -0.15) is 0 Å². The maximum Gasteiger partial charge on any atom is 0.243 e. The molecule has 2 N–H and O–H groups in total. The lowest BCUT2D eigenvalue weighted by atomic mass is 10.1. The van der Waals surface area contributed by atoms with Gasteiger partial charge in [0.25, 0.3) is 0 Å². The van der Waals surface area contributed by atoms with E-state index in [1.165, 1.54) is 11.1 Å². The van der Waals surface area contributed by atoms with Crippen LogP contribution in [0.25, 0.3) is 5.69 Å². The summed E-state index contributed by atoms with van der Waals surface area (Å²) in [6.07, 6.45) is 2.47. The van der Waals surface area contributed by atoms with Gasteiger partial charge >= 0.3 is 0 Å². The Morgan fingerprint density at radius 3 is 2.95 bits per heavy atom. The van der Waals surface area contributed by atoms with Crippen LogP contribution in [-0.4, -0.2) is 34.1 Å².